The van der Waals surface area contributed by atoms with Crippen molar-refractivity contribution in [2.45, 2.75) is 19.9 Å². The third kappa shape index (κ3) is 7.66. The molecule has 0 saturated heterocycles. The Morgan fingerprint density at radius 3 is 2.64 bits per heavy atom. The van der Waals surface area contributed by atoms with Gasteiger partial charge < -0.3 is 20.9 Å². The minimum atomic E-state index is -0.899. The van der Waals surface area contributed by atoms with Gasteiger partial charge in [-0.25, -0.2) is 0 Å². The number of carboxylic acid groups (broad SMARTS) is 1. The first kappa shape index (κ1) is 19.9. The van der Waals surface area contributed by atoms with E-state index in [1.807, 2.05) is 19.1 Å². The summed E-state index contributed by atoms with van der Waals surface area (Å²) in [7, 11) is 0. The Bertz CT molecular complexity index is 500. The molecule has 7 heteroatoms. The fourth-order valence-corrected chi connectivity index (χ4v) is 1.58. The van der Waals surface area contributed by atoms with E-state index in [-0.39, 0.29) is 13.2 Å². The van der Waals surface area contributed by atoms with Gasteiger partial charge in [0.2, 0.25) is 0 Å². The standard InChI is InChI=1S/C10H12ClNO2.C5H9NO2/c1-6-4-3-5-8(11)9(6)12-7(2)10(13)14;1-2-3-8-5(7)4-6/h3-5,7,12H,1-2H3,(H,13,14);2H,1,3-4,6H2/t7-;/m0./s1. The molecule has 122 valence electrons. The Hall–Kier alpha value is -2.05. The van der Waals surface area contributed by atoms with Gasteiger partial charge in [-0.15, -0.1) is 0 Å². The quantitative estimate of drug-likeness (QED) is 0.546. The van der Waals surface area contributed by atoms with Crippen molar-refractivity contribution in [3.63, 3.8) is 0 Å². The van der Waals surface area contributed by atoms with Gasteiger partial charge in [-0.3, -0.25) is 9.59 Å². The summed E-state index contributed by atoms with van der Waals surface area (Å²) in [6, 6.07) is 4.79. The molecule has 0 bridgehead atoms. The molecule has 0 amide bonds. The van der Waals surface area contributed by atoms with Gasteiger partial charge in [0, 0.05) is 0 Å². The van der Waals surface area contributed by atoms with Crippen LogP contribution in [-0.2, 0) is 14.3 Å². The van der Waals surface area contributed by atoms with Crippen molar-refractivity contribution < 1.29 is 19.4 Å². The van der Waals surface area contributed by atoms with Gasteiger partial charge >= 0.3 is 11.9 Å². The maximum absolute atomic E-state index is 10.6. The number of aliphatic carboxylic acids is 1. The molecule has 0 unspecified atom stereocenters. The topological polar surface area (TPSA) is 102 Å². The van der Waals surface area contributed by atoms with Crippen molar-refractivity contribution in [2.24, 2.45) is 5.73 Å². The second-order valence-electron chi connectivity index (χ2n) is 4.31. The molecule has 0 aliphatic rings. The van der Waals surface area contributed by atoms with Crippen LogP contribution in [0.4, 0.5) is 5.69 Å². The molecule has 1 aromatic rings. The van der Waals surface area contributed by atoms with Gasteiger partial charge in [0.05, 0.1) is 17.3 Å². The molecule has 0 heterocycles. The van der Waals surface area contributed by atoms with Crippen molar-refractivity contribution in [3.05, 3.63) is 41.4 Å². The molecule has 1 rings (SSSR count). The Morgan fingerprint density at radius 1 is 1.55 bits per heavy atom. The fraction of sp³-hybridized carbons (Fsp3) is 0.333. The van der Waals surface area contributed by atoms with Gasteiger partial charge in [0.15, 0.2) is 0 Å². The van der Waals surface area contributed by atoms with Crippen LogP contribution in [0.1, 0.15) is 12.5 Å². The maximum Gasteiger partial charge on any atom is 0.325 e. The first-order valence-electron chi connectivity index (χ1n) is 6.54. The Morgan fingerprint density at radius 2 is 2.18 bits per heavy atom. The second-order valence-corrected chi connectivity index (χ2v) is 4.72. The zero-order chi connectivity index (χ0) is 17.1. The van der Waals surface area contributed by atoms with Crippen molar-refractivity contribution in [1.29, 1.82) is 0 Å². The summed E-state index contributed by atoms with van der Waals surface area (Å²) >= 11 is 5.92. The van der Waals surface area contributed by atoms with E-state index in [0.29, 0.717) is 10.7 Å². The molecule has 0 aromatic heterocycles. The lowest BCUT2D eigenvalue weighted by molar-refractivity contribution is -0.140. The third-order valence-electron chi connectivity index (χ3n) is 2.48. The van der Waals surface area contributed by atoms with Crippen molar-refractivity contribution >= 4 is 29.2 Å². The first-order chi connectivity index (χ1) is 10.3. The van der Waals surface area contributed by atoms with Crippen LogP contribution in [0, 0.1) is 6.92 Å². The Balaban J connectivity index is 0.000000472. The predicted octanol–water partition coefficient (Wildman–Crippen LogP) is 2.21. The number of esters is 1. The predicted molar refractivity (Wildman–Crippen MR) is 87.1 cm³/mol. The van der Waals surface area contributed by atoms with Crippen LogP contribution in [0.25, 0.3) is 0 Å². The maximum atomic E-state index is 10.6. The molecule has 0 aliphatic carbocycles. The molecule has 1 aromatic carbocycles. The first-order valence-corrected chi connectivity index (χ1v) is 6.92. The summed E-state index contributed by atoms with van der Waals surface area (Å²) in [5, 5.41) is 12.1. The number of carboxylic acids is 1. The van der Waals surface area contributed by atoms with E-state index in [2.05, 4.69) is 16.6 Å². The Kier molecular flexibility index (Phi) is 9.65. The highest BCUT2D eigenvalue weighted by Crippen LogP contribution is 2.25. The number of benzene rings is 1. The smallest absolute Gasteiger partial charge is 0.325 e. The summed E-state index contributed by atoms with van der Waals surface area (Å²) < 4.78 is 4.46. The third-order valence-corrected chi connectivity index (χ3v) is 2.80. The molecular formula is C15H21ClN2O4. The van der Waals surface area contributed by atoms with Gasteiger partial charge in [0.25, 0.3) is 0 Å². The van der Waals surface area contributed by atoms with E-state index in [1.54, 1.807) is 13.0 Å². The van der Waals surface area contributed by atoms with E-state index < -0.39 is 18.0 Å². The van der Waals surface area contributed by atoms with Crippen LogP contribution in [-0.4, -0.2) is 36.2 Å². The average Bonchev–Trinajstić information content (AvgIpc) is 2.48. The average molecular weight is 329 g/mol. The monoisotopic (exact) mass is 328 g/mol. The normalized spacial score (nSPS) is 10.7. The Labute approximate surface area is 134 Å². The fourth-order valence-electron chi connectivity index (χ4n) is 1.30. The van der Waals surface area contributed by atoms with Crippen LogP contribution in [0.2, 0.25) is 5.02 Å². The van der Waals surface area contributed by atoms with Crippen LogP contribution >= 0.6 is 11.6 Å². The lowest BCUT2D eigenvalue weighted by Crippen LogP contribution is -2.25. The number of nitrogens with two attached hydrogens (primary N) is 1. The molecule has 0 radical (unpaired) electrons. The van der Waals surface area contributed by atoms with Gasteiger partial charge in [-0.1, -0.05) is 36.4 Å². The number of para-hydroxylation sites is 1. The number of ether oxygens (including phenoxy) is 1. The number of rotatable bonds is 6. The highest BCUT2D eigenvalue weighted by molar-refractivity contribution is 6.33. The minimum Gasteiger partial charge on any atom is -0.480 e. The summed E-state index contributed by atoms with van der Waals surface area (Å²) in [5.41, 5.74) is 6.52. The van der Waals surface area contributed by atoms with E-state index in [9.17, 15) is 9.59 Å². The summed E-state index contributed by atoms with van der Waals surface area (Å²) in [6.07, 6.45) is 1.49. The van der Waals surface area contributed by atoms with Gasteiger partial charge in [-0.2, -0.15) is 0 Å². The van der Waals surface area contributed by atoms with Crippen LogP contribution in [0.15, 0.2) is 30.9 Å². The van der Waals surface area contributed by atoms with Gasteiger partial charge in [-0.05, 0) is 25.5 Å². The zero-order valence-electron chi connectivity index (χ0n) is 12.6. The van der Waals surface area contributed by atoms with E-state index in [1.165, 1.54) is 6.08 Å². The summed E-state index contributed by atoms with van der Waals surface area (Å²) in [4.78, 5) is 20.8. The van der Waals surface area contributed by atoms with Crippen LogP contribution in [0.5, 0.6) is 0 Å². The number of anilines is 1. The van der Waals surface area contributed by atoms with Crippen molar-refractivity contribution in [3.8, 4) is 0 Å². The molecule has 1 atom stereocenters. The molecule has 0 fully saturated rings. The van der Waals surface area contributed by atoms with Crippen molar-refractivity contribution in [2.75, 3.05) is 18.5 Å². The van der Waals surface area contributed by atoms with Crippen LogP contribution < -0.4 is 11.1 Å². The SMILES string of the molecule is C=CCOC(=O)CN.Cc1cccc(Cl)c1N[C@@H](C)C(=O)O. The number of nitrogens with one attached hydrogen (secondary N) is 1. The molecular weight excluding hydrogens is 308 g/mol. The molecule has 0 aliphatic heterocycles. The number of aryl methyl sites for hydroxylation is 1. The number of carbonyl (C=O) groups is 2. The van der Waals surface area contributed by atoms with E-state index in [4.69, 9.17) is 22.4 Å². The largest absolute Gasteiger partial charge is 0.480 e. The lowest BCUT2D eigenvalue weighted by Gasteiger charge is -2.14. The highest BCUT2D eigenvalue weighted by atomic mass is 35.5. The zero-order valence-corrected chi connectivity index (χ0v) is 13.4. The number of hydrogen-bond acceptors (Lipinski definition) is 5. The van der Waals surface area contributed by atoms with Crippen LogP contribution in [0.3, 0.4) is 0 Å². The summed E-state index contributed by atoms with van der Waals surface area (Å²) in [6.45, 7) is 6.99. The second kappa shape index (κ2) is 10.6. The minimum absolute atomic E-state index is 0.0617. The molecule has 6 nitrogen and oxygen atoms in total. The number of hydrogen-bond donors (Lipinski definition) is 3. The summed E-state index contributed by atoms with van der Waals surface area (Å²) in [5.74, 6) is -1.30. The van der Waals surface area contributed by atoms with E-state index >= 15 is 0 Å². The van der Waals surface area contributed by atoms with Crippen molar-refractivity contribution in [1.82, 2.24) is 0 Å². The van der Waals surface area contributed by atoms with E-state index in [0.717, 1.165) is 5.56 Å². The number of halogens is 1. The van der Waals surface area contributed by atoms with Gasteiger partial charge in [0.1, 0.15) is 12.6 Å². The molecule has 0 spiro atoms. The molecule has 0 saturated carbocycles. The molecule has 22 heavy (non-hydrogen) atoms. The highest BCUT2D eigenvalue weighted by Gasteiger charge is 2.12. The number of carbonyl (C=O) groups excluding carboxylic acids is 1. The molecule has 4 N–H and O–H groups in total. The lowest BCUT2D eigenvalue weighted by atomic mass is 10.2.